The maximum atomic E-state index is 11.9. The van der Waals surface area contributed by atoms with Crippen molar-refractivity contribution in [2.24, 2.45) is 0 Å². The third-order valence-electron chi connectivity index (χ3n) is 2.25. The fourth-order valence-electron chi connectivity index (χ4n) is 1.40. The molecule has 0 unspecified atom stereocenters. The van der Waals surface area contributed by atoms with Crippen LogP contribution in [0.4, 0.5) is 5.69 Å². The van der Waals surface area contributed by atoms with Gasteiger partial charge >= 0.3 is 0 Å². The molecule has 0 fully saturated rings. The molecule has 2 rings (SSSR count). The van der Waals surface area contributed by atoms with Crippen molar-refractivity contribution >= 4 is 34.5 Å². The minimum atomic E-state index is -0.187. The van der Waals surface area contributed by atoms with Gasteiger partial charge in [-0.3, -0.25) is 4.79 Å². The summed E-state index contributed by atoms with van der Waals surface area (Å²) in [5, 5.41) is 5.80. The molecule has 2 aromatic rings. The molecule has 88 valence electrons. The van der Waals surface area contributed by atoms with Crippen molar-refractivity contribution in [2.75, 3.05) is 5.32 Å². The standard InChI is InChI=1S/C12H11ClN2OS/c1-7-5-9(13)3-4-10(7)15-11(16)12-14-8(2)6-17-12/h3-6H,1-2H3,(H,15,16). The molecule has 1 amide bonds. The van der Waals surface area contributed by atoms with Crippen LogP contribution in [-0.2, 0) is 0 Å². The third kappa shape index (κ3) is 2.84. The first kappa shape index (κ1) is 12.1. The smallest absolute Gasteiger partial charge is 0.284 e. The Balaban J connectivity index is 2.18. The Hall–Kier alpha value is -1.39. The number of rotatable bonds is 2. The molecule has 0 aliphatic heterocycles. The third-order valence-corrected chi connectivity index (χ3v) is 3.44. The molecule has 0 atom stereocenters. The zero-order chi connectivity index (χ0) is 12.4. The lowest BCUT2D eigenvalue weighted by Crippen LogP contribution is -2.12. The van der Waals surface area contributed by atoms with Crippen LogP contribution in [-0.4, -0.2) is 10.9 Å². The maximum absolute atomic E-state index is 11.9. The molecule has 0 saturated carbocycles. The quantitative estimate of drug-likeness (QED) is 0.901. The van der Waals surface area contributed by atoms with E-state index in [0.717, 1.165) is 16.9 Å². The Bertz CT molecular complexity index is 565. The van der Waals surface area contributed by atoms with E-state index in [-0.39, 0.29) is 5.91 Å². The predicted octanol–water partition coefficient (Wildman–Crippen LogP) is 3.67. The first-order chi connectivity index (χ1) is 8.06. The SMILES string of the molecule is Cc1csc(C(=O)Nc2ccc(Cl)cc2C)n1. The van der Waals surface area contributed by atoms with Gasteiger partial charge in [0.15, 0.2) is 5.01 Å². The van der Waals surface area contributed by atoms with Gasteiger partial charge in [-0.15, -0.1) is 11.3 Å². The maximum Gasteiger partial charge on any atom is 0.284 e. The van der Waals surface area contributed by atoms with Crippen LogP contribution in [0.5, 0.6) is 0 Å². The summed E-state index contributed by atoms with van der Waals surface area (Å²) in [6.45, 7) is 3.76. The number of hydrogen-bond donors (Lipinski definition) is 1. The number of amides is 1. The Morgan fingerprint density at radius 1 is 1.41 bits per heavy atom. The largest absolute Gasteiger partial charge is 0.320 e. The van der Waals surface area contributed by atoms with Crippen LogP contribution in [0.25, 0.3) is 0 Å². The number of anilines is 1. The summed E-state index contributed by atoms with van der Waals surface area (Å²) in [5.41, 5.74) is 2.54. The highest BCUT2D eigenvalue weighted by atomic mass is 35.5. The van der Waals surface area contributed by atoms with E-state index in [1.165, 1.54) is 11.3 Å². The monoisotopic (exact) mass is 266 g/mol. The molecule has 3 nitrogen and oxygen atoms in total. The average molecular weight is 267 g/mol. The summed E-state index contributed by atoms with van der Waals surface area (Å²) in [5.74, 6) is -0.187. The second-order valence-corrected chi connectivity index (χ2v) is 5.00. The van der Waals surface area contributed by atoms with Gasteiger partial charge in [-0.25, -0.2) is 4.98 Å². The minimum Gasteiger partial charge on any atom is -0.320 e. The number of thiazole rings is 1. The van der Waals surface area contributed by atoms with E-state index >= 15 is 0 Å². The van der Waals surface area contributed by atoms with Gasteiger partial charge in [0.25, 0.3) is 5.91 Å². The molecule has 0 radical (unpaired) electrons. The van der Waals surface area contributed by atoms with Crippen molar-refractivity contribution in [1.29, 1.82) is 0 Å². The van der Waals surface area contributed by atoms with Crippen LogP contribution in [0, 0.1) is 13.8 Å². The van der Waals surface area contributed by atoms with Gasteiger partial charge in [0, 0.05) is 21.8 Å². The van der Waals surface area contributed by atoms with Crippen molar-refractivity contribution in [2.45, 2.75) is 13.8 Å². The molecule has 1 aromatic heterocycles. The zero-order valence-corrected chi connectivity index (χ0v) is 11.0. The Labute approximate surface area is 108 Å². The molecular formula is C12H11ClN2OS. The van der Waals surface area contributed by atoms with Crippen molar-refractivity contribution < 1.29 is 4.79 Å². The van der Waals surface area contributed by atoms with Gasteiger partial charge in [-0.1, -0.05) is 11.6 Å². The fraction of sp³-hybridized carbons (Fsp3) is 0.167. The van der Waals surface area contributed by atoms with Crippen LogP contribution in [0.3, 0.4) is 0 Å². The van der Waals surface area contributed by atoms with Crippen molar-refractivity contribution in [3.63, 3.8) is 0 Å². The zero-order valence-electron chi connectivity index (χ0n) is 9.45. The van der Waals surface area contributed by atoms with Crippen molar-refractivity contribution in [1.82, 2.24) is 4.98 Å². The summed E-state index contributed by atoms with van der Waals surface area (Å²) in [6, 6.07) is 5.34. The number of nitrogens with zero attached hydrogens (tertiary/aromatic N) is 1. The van der Waals surface area contributed by atoms with Crippen LogP contribution in [0.2, 0.25) is 5.02 Å². The summed E-state index contributed by atoms with van der Waals surface area (Å²) in [7, 11) is 0. The topological polar surface area (TPSA) is 42.0 Å². The second kappa shape index (κ2) is 4.85. The van der Waals surface area contributed by atoms with Gasteiger partial charge in [0.1, 0.15) is 0 Å². The molecule has 0 spiro atoms. The Kier molecular flexibility index (Phi) is 3.45. The molecule has 17 heavy (non-hydrogen) atoms. The minimum absolute atomic E-state index is 0.187. The number of carbonyl (C=O) groups is 1. The number of aryl methyl sites for hydroxylation is 2. The molecule has 0 aliphatic rings. The molecule has 1 heterocycles. The number of hydrogen-bond acceptors (Lipinski definition) is 3. The molecule has 5 heteroatoms. The molecule has 0 saturated heterocycles. The van der Waals surface area contributed by atoms with E-state index in [1.807, 2.05) is 25.3 Å². The summed E-state index contributed by atoms with van der Waals surface area (Å²) in [6.07, 6.45) is 0. The highest BCUT2D eigenvalue weighted by molar-refractivity contribution is 7.11. The molecule has 1 N–H and O–H groups in total. The van der Waals surface area contributed by atoms with Gasteiger partial charge < -0.3 is 5.32 Å². The fourth-order valence-corrected chi connectivity index (χ4v) is 2.32. The lowest BCUT2D eigenvalue weighted by Gasteiger charge is -2.06. The highest BCUT2D eigenvalue weighted by Gasteiger charge is 2.11. The van der Waals surface area contributed by atoms with E-state index in [2.05, 4.69) is 10.3 Å². The van der Waals surface area contributed by atoms with Crippen LogP contribution in [0.1, 0.15) is 21.1 Å². The predicted molar refractivity (Wildman–Crippen MR) is 71.0 cm³/mol. The van der Waals surface area contributed by atoms with Crippen molar-refractivity contribution in [3.05, 3.63) is 44.9 Å². The Morgan fingerprint density at radius 3 is 2.76 bits per heavy atom. The summed E-state index contributed by atoms with van der Waals surface area (Å²) < 4.78 is 0. The lowest BCUT2D eigenvalue weighted by molar-refractivity contribution is 0.102. The number of benzene rings is 1. The molecule has 0 aliphatic carbocycles. The van der Waals surface area contributed by atoms with Crippen LogP contribution >= 0.6 is 22.9 Å². The molecular weight excluding hydrogens is 256 g/mol. The van der Waals surface area contributed by atoms with E-state index in [0.29, 0.717) is 10.0 Å². The van der Waals surface area contributed by atoms with E-state index < -0.39 is 0 Å². The number of carbonyl (C=O) groups excluding carboxylic acids is 1. The van der Waals surface area contributed by atoms with Gasteiger partial charge in [0.05, 0.1) is 0 Å². The first-order valence-electron chi connectivity index (χ1n) is 5.06. The van der Waals surface area contributed by atoms with Crippen molar-refractivity contribution in [3.8, 4) is 0 Å². The van der Waals surface area contributed by atoms with Crippen LogP contribution < -0.4 is 5.32 Å². The van der Waals surface area contributed by atoms with Gasteiger partial charge in [-0.05, 0) is 37.6 Å². The van der Waals surface area contributed by atoms with Gasteiger partial charge in [-0.2, -0.15) is 0 Å². The number of aromatic nitrogens is 1. The number of halogens is 1. The van der Waals surface area contributed by atoms with E-state index in [4.69, 9.17) is 11.6 Å². The highest BCUT2D eigenvalue weighted by Crippen LogP contribution is 2.20. The van der Waals surface area contributed by atoms with Gasteiger partial charge in [0.2, 0.25) is 0 Å². The number of nitrogens with one attached hydrogen (secondary N) is 1. The van der Waals surface area contributed by atoms with Crippen LogP contribution in [0.15, 0.2) is 23.6 Å². The first-order valence-corrected chi connectivity index (χ1v) is 6.31. The lowest BCUT2D eigenvalue weighted by atomic mass is 10.2. The summed E-state index contributed by atoms with van der Waals surface area (Å²) in [4.78, 5) is 16.0. The normalized spacial score (nSPS) is 10.3. The van der Waals surface area contributed by atoms with E-state index in [9.17, 15) is 4.79 Å². The summed E-state index contributed by atoms with van der Waals surface area (Å²) >= 11 is 7.19. The Morgan fingerprint density at radius 2 is 2.18 bits per heavy atom. The van der Waals surface area contributed by atoms with E-state index in [1.54, 1.807) is 12.1 Å². The molecule has 0 bridgehead atoms. The average Bonchev–Trinajstić information content (AvgIpc) is 2.69. The second-order valence-electron chi connectivity index (χ2n) is 3.71. The molecule has 1 aromatic carbocycles.